The second kappa shape index (κ2) is 7.34. The summed E-state index contributed by atoms with van der Waals surface area (Å²) in [4.78, 5) is 26.8. The number of hydrogen-bond donors (Lipinski definition) is 2. The Balaban J connectivity index is 1.69. The van der Waals surface area contributed by atoms with Crippen molar-refractivity contribution >= 4 is 34.1 Å². The van der Waals surface area contributed by atoms with Crippen molar-refractivity contribution in [2.24, 2.45) is 11.7 Å². The third kappa shape index (κ3) is 3.43. The average Bonchev–Trinajstić information content (AvgIpc) is 3.12. The zero-order valence-corrected chi connectivity index (χ0v) is 15.6. The number of fused-ring (bicyclic) bond motifs is 1. The van der Waals surface area contributed by atoms with Crippen molar-refractivity contribution in [1.82, 2.24) is 5.16 Å². The van der Waals surface area contributed by atoms with Gasteiger partial charge in [0.1, 0.15) is 5.52 Å². The van der Waals surface area contributed by atoms with Gasteiger partial charge in [0.05, 0.1) is 16.8 Å². The Morgan fingerprint density at radius 1 is 1.25 bits per heavy atom. The lowest BCUT2D eigenvalue weighted by Gasteiger charge is -2.34. The van der Waals surface area contributed by atoms with Gasteiger partial charge in [-0.3, -0.25) is 9.59 Å². The van der Waals surface area contributed by atoms with Gasteiger partial charge in [0.15, 0.2) is 0 Å². The molecule has 0 aliphatic carbocycles. The Bertz CT molecular complexity index is 1040. The van der Waals surface area contributed by atoms with Gasteiger partial charge in [-0.1, -0.05) is 24.2 Å². The number of carbonyl (C=O) groups is 2. The van der Waals surface area contributed by atoms with E-state index < -0.39 is 11.8 Å². The Morgan fingerprint density at radius 2 is 2.07 bits per heavy atom. The monoisotopic (exact) mass is 378 g/mol. The summed E-state index contributed by atoms with van der Waals surface area (Å²) in [6.45, 7) is 4.00. The predicted octanol–water partition coefficient (Wildman–Crippen LogP) is 3.42. The molecule has 4 rings (SSSR count). The van der Waals surface area contributed by atoms with E-state index in [0.717, 1.165) is 25.2 Å². The van der Waals surface area contributed by atoms with Crippen LogP contribution in [0.4, 0.5) is 11.4 Å². The highest BCUT2D eigenvalue weighted by Gasteiger charge is 2.23. The van der Waals surface area contributed by atoms with Crippen molar-refractivity contribution in [2.45, 2.75) is 19.8 Å². The van der Waals surface area contributed by atoms with Crippen LogP contribution in [0.25, 0.3) is 10.9 Å². The number of benzene rings is 2. The molecule has 144 valence electrons. The van der Waals surface area contributed by atoms with Crippen LogP contribution in [-0.4, -0.2) is 30.1 Å². The van der Waals surface area contributed by atoms with Crippen LogP contribution < -0.4 is 16.0 Å². The van der Waals surface area contributed by atoms with Crippen molar-refractivity contribution in [3.63, 3.8) is 0 Å². The number of amides is 2. The molecule has 0 saturated carbocycles. The largest absolute Gasteiger partial charge is 0.370 e. The second-order valence-corrected chi connectivity index (χ2v) is 7.27. The molecule has 1 atom stereocenters. The number of rotatable bonds is 4. The Labute approximate surface area is 162 Å². The van der Waals surface area contributed by atoms with Gasteiger partial charge in [0.25, 0.3) is 5.91 Å². The summed E-state index contributed by atoms with van der Waals surface area (Å²) < 4.78 is 5.26. The summed E-state index contributed by atoms with van der Waals surface area (Å²) in [6.07, 6.45) is 2.26. The fraction of sp³-hybridized carbons (Fsp3) is 0.286. The van der Waals surface area contributed by atoms with E-state index in [4.69, 9.17) is 10.3 Å². The lowest BCUT2D eigenvalue weighted by Crippen LogP contribution is -2.35. The zero-order valence-electron chi connectivity index (χ0n) is 15.6. The number of nitrogens with two attached hydrogens (primary N) is 1. The normalized spacial score (nSPS) is 16.9. The quantitative estimate of drug-likeness (QED) is 0.724. The van der Waals surface area contributed by atoms with Crippen LogP contribution in [0.1, 0.15) is 40.7 Å². The SMILES string of the molecule is C[C@@H]1CCCN(c2ccc(C(N)=O)cc2NC(=O)c2onc3ccccc23)C1. The van der Waals surface area contributed by atoms with E-state index in [1.54, 1.807) is 24.3 Å². The molecule has 0 bridgehead atoms. The number of nitrogens with one attached hydrogen (secondary N) is 1. The number of nitrogens with zero attached hydrogens (tertiary/aromatic N) is 2. The topological polar surface area (TPSA) is 101 Å². The van der Waals surface area contributed by atoms with Crippen LogP contribution in [0.15, 0.2) is 47.0 Å². The number of hydrogen-bond acceptors (Lipinski definition) is 5. The molecule has 28 heavy (non-hydrogen) atoms. The molecule has 2 heterocycles. The predicted molar refractivity (Wildman–Crippen MR) is 108 cm³/mol. The highest BCUT2D eigenvalue weighted by molar-refractivity contribution is 6.11. The molecule has 0 spiro atoms. The molecular weight excluding hydrogens is 356 g/mol. The summed E-state index contributed by atoms with van der Waals surface area (Å²) >= 11 is 0. The van der Waals surface area contributed by atoms with Gasteiger partial charge in [-0.15, -0.1) is 0 Å². The summed E-state index contributed by atoms with van der Waals surface area (Å²) in [6, 6.07) is 12.4. The minimum absolute atomic E-state index is 0.137. The van der Waals surface area contributed by atoms with E-state index in [1.165, 1.54) is 6.42 Å². The van der Waals surface area contributed by atoms with Gasteiger partial charge in [0, 0.05) is 18.7 Å². The second-order valence-electron chi connectivity index (χ2n) is 7.27. The zero-order chi connectivity index (χ0) is 19.7. The van der Waals surface area contributed by atoms with Crippen molar-refractivity contribution < 1.29 is 14.1 Å². The van der Waals surface area contributed by atoms with Crippen LogP contribution in [-0.2, 0) is 0 Å². The summed E-state index contributed by atoms with van der Waals surface area (Å²) in [5.41, 5.74) is 7.80. The van der Waals surface area contributed by atoms with E-state index in [-0.39, 0.29) is 5.76 Å². The standard InChI is InChI=1S/C21H22N4O3/c1-13-5-4-10-25(12-13)18-9-8-14(20(22)26)11-17(18)23-21(27)19-15-6-2-3-7-16(15)24-28-19/h2-3,6-9,11,13H,4-5,10,12H2,1H3,(H2,22,26)(H,23,27)/t13-/m1/s1. The molecule has 1 saturated heterocycles. The molecule has 1 aliphatic rings. The maximum atomic E-state index is 12.9. The van der Waals surface area contributed by atoms with E-state index in [0.29, 0.717) is 28.1 Å². The molecular formula is C21H22N4O3. The van der Waals surface area contributed by atoms with Crippen molar-refractivity contribution in [1.29, 1.82) is 0 Å². The Hall–Kier alpha value is -3.35. The van der Waals surface area contributed by atoms with Crippen molar-refractivity contribution in [2.75, 3.05) is 23.3 Å². The fourth-order valence-corrected chi connectivity index (χ4v) is 3.71. The Morgan fingerprint density at radius 3 is 2.86 bits per heavy atom. The molecule has 0 radical (unpaired) electrons. The highest BCUT2D eigenvalue weighted by Crippen LogP contribution is 2.32. The molecule has 1 aromatic heterocycles. The molecule has 1 fully saturated rings. The van der Waals surface area contributed by atoms with Gasteiger partial charge in [-0.05, 0) is 49.1 Å². The summed E-state index contributed by atoms with van der Waals surface area (Å²) in [5, 5.41) is 7.46. The number of primary amides is 1. The van der Waals surface area contributed by atoms with Gasteiger partial charge >= 0.3 is 0 Å². The van der Waals surface area contributed by atoms with E-state index in [9.17, 15) is 9.59 Å². The summed E-state index contributed by atoms with van der Waals surface area (Å²) in [5.74, 6) is -0.259. The van der Waals surface area contributed by atoms with E-state index in [1.807, 2.05) is 18.2 Å². The highest BCUT2D eigenvalue weighted by atomic mass is 16.5. The van der Waals surface area contributed by atoms with Gasteiger partial charge < -0.3 is 20.5 Å². The van der Waals surface area contributed by atoms with Gasteiger partial charge in [0.2, 0.25) is 11.7 Å². The first-order valence-electron chi connectivity index (χ1n) is 9.37. The number of anilines is 2. The van der Waals surface area contributed by atoms with Crippen LogP contribution in [0.5, 0.6) is 0 Å². The maximum Gasteiger partial charge on any atom is 0.294 e. The first kappa shape index (κ1) is 18.0. The average molecular weight is 378 g/mol. The smallest absolute Gasteiger partial charge is 0.294 e. The first-order chi connectivity index (χ1) is 13.5. The van der Waals surface area contributed by atoms with Crippen LogP contribution in [0.2, 0.25) is 0 Å². The van der Waals surface area contributed by atoms with Crippen LogP contribution in [0.3, 0.4) is 0 Å². The molecule has 7 nitrogen and oxygen atoms in total. The summed E-state index contributed by atoms with van der Waals surface area (Å²) in [7, 11) is 0. The van der Waals surface area contributed by atoms with Crippen LogP contribution in [0, 0.1) is 5.92 Å². The lowest BCUT2D eigenvalue weighted by molar-refractivity contribution is 0.0984. The number of carbonyl (C=O) groups excluding carboxylic acids is 2. The molecule has 2 amide bonds. The molecule has 3 aromatic rings. The molecule has 0 unspecified atom stereocenters. The van der Waals surface area contributed by atoms with Gasteiger partial charge in [-0.25, -0.2) is 0 Å². The fourth-order valence-electron chi connectivity index (χ4n) is 3.71. The first-order valence-corrected chi connectivity index (χ1v) is 9.37. The van der Waals surface area contributed by atoms with Crippen LogP contribution >= 0.6 is 0 Å². The van der Waals surface area contributed by atoms with Crippen molar-refractivity contribution in [3.8, 4) is 0 Å². The Kier molecular flexibility index (Phi) is 4.73. The minimum Gasteiger partial charge on any atom is -0.370 e. The molecule has 3 N–H and O–H groups in total. The molecule has 7 heteroatoms. The number of aromatic nitrogens is 1. The number of piperidine rings is 1. The van der Waals surface area contributed by atoms with Crippen molar-refractivity contribution in [3.05, 3.63) is 53.8 Å². The van der Waals surface area contributed by atoms with E-state index >= 15 is 0 Å². The maximum absolute atomic E-state index is 12.9. The lowest BCUT2D eigenvalue weighted by atomic mass is 9.99. The third-order valence-electron chi connectivity index (χ3n) is 5.12. The van der Waals surface area contributed by atoms with E-state index in [2.05, 4.69) is 22.3 Å². The third-order valence-corrected chi connectivity index (χ3v) is 5.12. The minimum atomic E-state index is -0.542. The van der Waals surface area contributed by atoms with Gasteiger partial charge in [-0.2, -0.15) is 0 Å². The molecule has 2 aromatic carbocycles. The molecule has 1 aliphatic heterocycles.